The number of carbonyl (C=O) groups is 2. The van der Waals surface area contributed by atoms with Crippen LogP contribution in [0.4, 0.5) is 5.13 Å². The third-order valence-corrected chi connectivity index (χ3v) is 6.09. The van der Waals surface area contributed by atoms with E-state index in [-0.39, 0.29) is 22.4 Å². The lowest BCUT2D eigenvalue weighted by atomic mass is 9.80. The lowest BCUT2D eigenvalue weighted by molar-refractivity contribution is -0.129. The molecule has 0 aliphatic carbocycles. The molecule has 4 aromatic rings. The van der Waals surface area contributed by atoms with E-state index in [1.165, 1.54) is 11.8 Å². The van der Waals surface area contributed by atoms with Gasteiger partial charge in [-0.2, -0.15) is 0 Å². The summed E-state index contributed by atoms with van der Waals surface area (Å²) in [6.45, 7) is 1.53. The second-order valence-corrected chi connectivity index (χ2v) is 8.99. The van der Waals surface area contributed by atoms with E-state index in [4.69, 9.17) is 10.6 Å². The number of nitrogen functional groups attached to an aromatic ring is 1. The summed E-state index contributed by atoms with van der Waals surface area (Å²) in [6, 6.07) is 28.7. The summed E-state index contributed by atoms with van der Waals surface area (Å²) in [5.41, 5.74) is 6.76. The Bertz CT molecular complexity index is 1240. The first-order chi connectivity index (χ1) is 17.8. The molecule has 0 aliphatic rings. The summed E-state index contributed by atoms with van der Waals surface area (Å²) in [7, 11) is 3.45. The number of rotatable bonds is 7. The van der Waals surface area contributed by atoms with Crippen LogP contribution in [-0.4, -0.2) is 46.7 Å². The molecule has 0 unspecified atom stereocenters. The van der Waals surface area contributed by atoms with Crippen molar-refractivity contribution in [2.75, 3.05) is 19.8 Å². The fourth-order valence-electron chi connectivity index (χ4n) is 3.38. The zero-order chi connectivity index (χ0) is 26.8. The van der Waals surface area contributed by atoms with Crippen LogP contribution in [0.2, 0.25) is 0 Å². The number of hydrogen-bond donors (Lipinski definition) is 2. The van der Waals surface area contributed by atoms with Crippen LogP contribution in [0.15, 0.2) is 102 Å². The maximum absolute atomic E-state index is 11.9. The Kier molecular flexibility index (Phi) is 9.12. The summed E-state index contributed by atoms with van der Waals surface area (Å²) < 4.78 is 0. The van der Waals surface area contributed by atoms with Crippen LogP contribution in [0.3, 0.4) is 0 Å². The third-order valence-electron chi connectivity index (χ3n) is 5.41. The van der Waals surface area contributed by atoms with Crippen molar-refractivity contribution < 1.29 is 19.5 Å². The van der Waals surface area contributed by atoms with Gasteiger partial charge in [0.15, 0.2) is 5.13 Å². The largest absolute Gasteiger partial charge is 0.476 e. The van der Waals surface area contributed by atoms with Crippen molar-refractivity contribution >= 4 is 34.1 Å². The number of aliphatic carboxylic acids is 1. The van der Waals surface area contributed by atoms with E-state index in [9.17, 15) is 14.7 Å². The van der Waals surface area contributed by atoms with Gasteiger partial charge in [-0.3, -0.25) is 4.79 Å². The average Bonchev–Trinajstić information content (AvgIpc) is 3.34. The van der Waals surface area contributed by atoms with E-state index in [0.717, 1.165) is 28.0 Å². The summed E-state index contributed by atoms with van der Waals surface area (Å²) in [6.07, 6.45) is 0. The molecule has 9 heteroatoms. The van der Waals surface area contributed by atoms with E-state index >= 15 is 0 Å². The maximum Gasteiger partial charge on any atom is 0.360 e. The SMILES string of the molecule is CC(=O)N(C)C.Nc1nc(C(=NOC(c2ccccc2)(c2ccccc2)c2ccccc2)C(=O)O)cs1. The highest BCUT2D eigenvalue weighted by molar-refractivity contribution is 7.13. The van der Waals surface area contributed by atoms with E-state index in [2.05, 4.69) is 10.1 Å². The summed E-state index contributed by atoms with van der Waals surface area (Å²) >= 11 is 1.14. The smallest absolute Gasteiger partial charge is 0.360 e. The van der Waals surface area contributed by atoms with Gasteiger partial charge in [0.1, 0.15) is 5.69 Å². The highest BCUT2D eigenvalue weighted by atomic mass is 32.1. The molecule has 8 nitrogen and oxygen atoms in total. The van der Waals surface area contributed by atoms with E-state index in [1.54, 1.807) is 19.5 Å². The number of oxime groups is 1. The molecular weight excluding hydrogens is 488 g/mol. The van der Waals surface area contributed by atoms with Gasteiger partial charge < -0.3 is 20.6 Å². The van der Waals surface area contributed by atoms with Crippen molar-refractivity contribution in [3.05, 3.63) is 119 Å². The minimum Gasteiger partial charge on any atom is -0.476 e. The van der Waals surface area contributed by atoms with Crippen LogP contribution in [0.25, 0.3) is 0 Å². The lowest BCUT2D eigenvalue weighted by Crippen LogP contribution is -2.32. The van der Waals surface area contributed by atoms with Crippen LogP contribution in [0, 0.1) is 0 Å². The molecule has 0 radical (unpaired) electrons. The molecule has 0 aliphatic heterocycles. The van der Waals surface area contributed by atoms with Gasteiger partial charge in [0.25, 0.3) is 0 Å². The van der Waals surface area contributed by atoms with Crippen LogP contribution in [-0.2, 0) is 20.0 Å². The highest BCUT2D eigenvalue weighted by Crippen LogP contribution is 2.40. The van der Waals surface area contributed by atoms with Crippen LogP contribution in [0.5, 0.6) is 0 Å². The van der Waals surface area contributed by atoms with Crippen molar-refractivity contribution in [1.82, 2.24) is 9.88 Å². The van der Waals surface area contributed by atoms with Gasteiger partial charge in [0.2, 0.25) is 17.2 Å². The lowest BCUT2D eigenvalue weighted by Gasteiger charge is -2.33. The highest BCUT2D eigenvalue weighted by Gasteiger charge is 2.40. The summed E-state index contributed by atoms with van der Waals surface area (Å²) in [5, 5.41) is 15.7. The molecular formula is C28H28N4O4S. The molecule has 0 saturated heterocycles. The maximum atomic E-state index is 11.9. The van der Waals surface area contributed by atoms with Crippen molar-refractivity contribution in [2.45, 2.75) is 12.5 Å². The molecule has 0 spiro atoms. The first-order valence-corrected chi connectivity index (χ1v) is 12.2. The topological polar surface area (TPSA) is 118 Å². The van der Waals surface area contributed by atoms with E-state index in [1.807, 2.05) is 91.0 Å². The molecule has 1 amide bonds. The molecule has 1 heterocycles. The minimum absolute atomic E-state index is 0.0926. The molecule has 0 fully saturated rings. The fourth-order valence-corrected chi connectivity index (χ4v) is 3.93. The summed E-state index contributed by atoms with van der Waals surface area (Å²) in [5.74, 6) is -1.16. The van der Waals surface area contributed by atoms with Gasteiger partial charge in [-0.15, -0.1) is 11.3 Å². The van der Waals surface area contributed by atoms with Gasteiger partial charge in [-0.05, 0) is 0 Å². The monoisotopic (exact) mass is 516 g/mol. The number of aromatic nitrogens is 1. The molecule has 37 heavy (non-hydrogen) atoms. The van der Waals surface area contributed by atoms with Gasteiger partial charge >= 0.3 is 5.97 Å². The molecule has 0 atom stereocenters. The van der Waals surface area contributed by atoms with E-state index < -0.39 is 11.6 Å². The molecule has 190 valence electrons. The zero-order valence-electron chi connectivity index (χ0n) is 20.7. The Morgan fingerprint density at radius 1 is 0.892 bits per heavy atom. The standard InChI is InChI=1S/C24H19N3O3S.C4H9NO/c25-23-26-20(16-31-23)21(22(28)29)27-30-24(17-10-4-1-5-11-17,18-12-6-2-7-13-18)19-14-8-3-9-15-19;1-4(6)5(2)3/h1-16H,(H2,25,26)(H,28,29);1-3H3. The number of nitrogens with zero attached hydrogens (tertiary/aromatic N) is 3. The Hall–Kier alpha value is -4.50. The molecule has 0 saturated carbocycles. The number of amides is 1. The first kappa shape index (κ1) is 27.1. The zero-order valence-corrected chi connectivity index (χ0v) is 21.6. The van der Waals surface area contributed by atoms with Gasteiger partial charge in [-0.1, -0.05) is 96.2 Å². The number of carboxylic acid groups (broad SMARTS) is 1. The number of carbonyl (C=O) groups excluding carboxylic acids is 1. The first-order valence-electron chi connectivity index (χ1n) is 11.3. The van der Waals surface area contributed by atoms with Crippen LogP contribution >= 0.6 is 11.3 Å². The van der Waals surface area contributed by atoms with Crippen molar-refractivity contribution in [1.29, 1.82) is 0 Å². The van der Waals surface area contributed by atoms with Crippen molar-refractivity contribution in [3.8, 4) is 0 Å². The number of hydrogen-bond acceptors (Lipinski definition) is 7. The second kappa shape index (κ2) is 12.5. The number of thiazole rings is 1. The Balaban J connectivity index is 0.000000568. The van der Waals surface area contributed by atoms with Crippen LogP contribution in [0.1, 0.15) is 29.3 Å². The molecule has 3 aromatic carbocycles. The third kappa shape index (κ3) is 6.59. The number of benzene rings is 3. The van der Waals surface area contributed by atoms with Crippen molar-refractivity contribution in [3.63, 3.8) is 0 Å². The normalized spacial score (nSPS) is 11.2. The molecule has 3 N–H and O–H groups in total. The number of anilines is 1. The Labute approximate surface area is 219 Å². The fraction of sp³-hybridized carbons (Fsp3) is 0.143. The quantitative estimate of drug-likeness (QED) is 0.210. The van der Waals surface area contributed by atoms with E-state index in [0.29, 0.717) is 0 Å². The predicted octanol–water partition coefficient (Wildman–Crippen LogP) is 4.62. The predicted molar refractivity (Wildman–Crippen MR) is 145 cm³/mol. The molecule has 1 aromatic heterocycles. The van der Waals surface area contributed by atoms with Crippen LogP contribution < -0.4 is 5.73 Å². The van der Waals surface area contributed by atoms with Crippen molar-refractivity contribution in [2.24, 2.45) is 5.16 Å². The summed E-state index contributed by atoms with van der Waals surface area (Å²) in [4.78, 5) is 33.8. The second-order valence-electron chi connectivity index (χ2n) is 8.10. The molecule has 4 rings (SSSR count). The Morgan fingerprint density at radius 3 is 1.59 bits per heavy atom. The van der Waals surface area contributed by atoms with Gasteiger partial charge in [0, 0.05) is 43.1 Å². The average molecular weight is 517 g/mol. The van der Waals surface area contributed by atoms with Gasteiger partial charge in [-0.25, -0.2) is 9.78 Å². The van der Waals surface area contributed by atoms with Gasteiger partial charge in [0.05, 0.1) is 0 Å². The Morgan fingerprint density at radius 2 is 1.30 bits per heavy atom. The number of carboxylic acids is 1. The number of nitrogens with two attached hydrogens (primary N) is 1. The minimum atomic E-state index is -1.26. The molecule has 0 bridgehead atoms.